The molecule has 0 atom stereocenters. The van der Waals surface area contributed by atoms with E-state index in [1.165, 1.54) is 0 Å². The van der Waals surface area contributed by atoms with E-state index < -0.39 is 48.2 Å². The zero-order valence-corrected chi connectivity index (χ0v) is 9.45. The predicted octanol–water partition coefficient (Wildman–Crippen LogP) is 5.21. The maximum Gasteiger partial charge on any atom is 0.460 e. The first kappa shape index (κ1) is 20.8. The molecule has 0 bridgehead atoms. The minimum absolute atomic E-state index is 1.71. The molecule has 0 saturated heterocycles. The SMILES string of the molecule is FC(F)(F)/C=C/C(F)(F)C(F)(F)C(F)(F)C(F)(F)C(F)(F)F. The van der Waals surface area contributed by atoms with Crippen LogP contribution in [-0.4, -0.2) is 36.0 Å². The van der Waals surface area contributed by atoms with Gasteiger partial charge in [0.25, 0.3) is 0 Å². The molecule has 0 amide bonds. The molecule has 0 aliphatic rings. The minimum Gasteiger partial charge on any atom is -0.195 e. The van der Waals surface area contributed by atoms with Crippen molar-refractivity contribution in [2.24, 2.45) is 0 Å². The molecule has 14 heteroatoms. The van der Waals surface area contributed by atoms with E-state index in [2.05, 4.69) is 0 Å². The van der Waals surface area contributed by atoms with E-state index in [1.807, 2.05) is 0 Å². The third kappa shape index (κ3) is 3.39. The maximum atomic E-state index is 12.7. The highest BCUT2D eigenvalue weighted by atomic mass is 19.4. The van der Waals surface area contributed by atoms with Gasteiger partial charge in [0.2, 0.25) is 0 Å². The fraction of sp³-hybridized carbons (Fsp3) is 0.750. The normalized spacial score (nSPS) is 16.5. The second-order valence-electron chi connectivity index (χ2n) is 3.72. The fourth-order valence-corrected chi connectivity index (χ4v) is 0.888. The van der Waals surface area contributed by atoms with Gasteiger partial charge < -0.3 is 0 Å². The lowest BCUT2D eigenvalue weighted by atomic mass is 9.98. The van der Waals surface area contributed by atoms with Crippen LogP contribution < -0.4 is 0 Å². The van der Waals surface area contributed by atoms with Gasteiger partial charge >= 0.3 is 36.0 Å². The van der Waals surface area contributed by atoms with Crippen LogP contribution in [0.3, 0.4) is 0 Å². The standard InChI is InChI=1S/C8H2F14/c9-3(10,1-2-4(11,12)13)5(14,15)6(16,17)7(18,19)8(20,21)22/h1-2H/b2-1+. The Balaban J connectivity index is 5.95. The van der Waals surface area contributed by atoms with Crippen molar-refractivity contribution in [2.75, 3.05) is 0 Å². The quantitative estimate of drug-likeness (QED) is 0.475. The molecule has 0 aliphatic carbocycles. The Labute approximate surface area is 111 Å². The highest BCUT2D eigenvalue weighted by molar-refractivity contribution is 5.13. The fourth-order valence-electron chi connectivity index (χ4n) is 0.888. The second kappa shape index (κ2) is 5.15. The summed E-state index contributed by atoms with van der Waals surface area (Å²) in [5, 5.41) is 0. The van der Waals surface area contributed by atoms with Crippen LogP contribution in [0, 0.1) is 0 Å². The molecule has 0 nitrogen and oxygen atoms in total. The molecule has 0 N–H and O–H groups in total. The van der Waals surface area contributed by atoms with Gasteiger partial charge in [-0.3, -0.25) is 0 Å². The Hall–Kier alpha value is -1.24. The lowest BCUT2D eigenvalue weighted by molar-refractivity contribution is -0.417. The van der Waals surface area contributed by atoms with Crippen LogP contribution in [0.2, 0.25) is 0 Å². The Morgan fingerprint density at radius 3 is 1.05 bits per heavy atom. The average molecular weight is 364 g/mol. The van der Waals surface area contributed by atoms with Crippen LogP contribution >= 0.6 is 0 Å². The van der Waals surface area contributed by atoms with Crippen molar-refractivity contribution in [1.82, 2.24) is 0 Å². The second-order valence-corrected chi connectivity index (χ2v) is 3.72. The molecule has 0 saturated carbocycles. The van der Waals surface area contributed by atoms with Crippen molar-refractivity contribution in [3.05, 3.63) is 12.2 Å². The molecular formula is C8H2F14. The molecule has 0 rings (SSSR count). The summed E-state index contributed by atoms with van der Waals surface area (Å²) in [5.41, 5.74) is 0. The van der Waals surface area contributed by atoms with Gasteiger partial charge in [-0.1, -0.05) is 0 Å². The van der Waals surface area contributed by atoms with Gasteiger partial charge in [0.15, 0.2) is 0 Å². The zero-order valence-electron chi connectivity index (χ0n) is 9.45. The lowest BCUT2D eigenvalue weighted by Gasteiger charge is -2.36. The number of allylic oxidation sites excluding steroid dienone is 2. The summed E-state index contributed by atoms with van der Waals surface area (Å²) in [5.74, 6) is -29.5. The van der Waals surface area contributed by atoms with Crippen molar-refractivity contribution in [2.45, 2.75) is 36.0 Å². The summed E-state index contributed by atoms with van der Waals surface area (Å²) in [6.07, 6.45) is -16.7. The molecule has 0 aliphatic heterocycles. The molecule has 0 unspecified atom stereocenters. The maximum absolute atomic E-state index is 12.7. The molecule has 0 aromatic rings. The van der Waals surface area contributed by atoms with Crippen LogP contribution in [-0.2, 0) is 0 Å². The van der Waals surface area contributed by atoms with Gasteiger partial charge in [-0.05, 0) is 6.08 Å². The Bertz CT molecular complexity index is 421. The first-order valence-electron chi connectivity index (χ1n) is 4.56. The molecule has 0 aromatic carbocycles. The predicted molar refractivity (Wildman–Crippen MR) is 41.0 cm³/mol. The first-order valence-corrected chi connectivity index (χ1v) is 4.56. The van der Waals surface area contributed by atoms with E-state index in [1.54, 1.807) is 0 Å². The van der Waals surface area contributed by atoms with E-state index in [-0.39, 0.29) is 0 Å². The molecule has 0 radical (unpaired) electrons. The number of hydrogen-bond donors (Lipinski definition) is 0. The average Bonchev–Trinajstić information content (AvgIpc) is 2.23. The largest absolute Gasteiger partial charge is 0.460 e. The van der Waals surface area contributed by atoms with Crippen LogP contribution in [0.1, 0.15) is 0 Å². The van der Waals surface area contributed by atoms with Gasteiger partial charge in [-0.15, -0.1) is 0 Å². The number of hydrogen-bond acceptors (Lipinski definition) is 0. The zero-order chi connectivity index (χ0) is 18.4. The molecule has 132 valence electrons. The van der Waals surface area contributed by atoms with Crippen molar-refractivity contribution in [3.63, 3.8) is 0 Å². The van der Waals surface area contributed by atoms with Crippen LogP contribution in [0.15, 0.2) is 12.2 Å². The van der Waals surface area contributed by atoms with Gasteiger partial charge in [0.1, 0.15) is 0 Å². The summed E-state index contributed by atoms with van der Waals surface area (Å²) in [4.78, 5) is 0. The van der Waals surface area contributed by atoms with Crippen molar-refractivity contribution < 1.29 is 61.5 Å². The molecule has 0 heterocycles. The van der Waals surface area contributed by atoms with Gasteiger partial charge in [0, 0.05) is 6.08 Å². The lowest BCUT2D eigenvalue weighted by Crippen LogP contribution is -2.66. The topological polar surface area (TPSA) is 0 Å². The van der Waals surface area contributed by atoms with Crippen molar-refractivity contribution in [3.8, 4) is 0 Å². The van der Waals surface area contributed by atoms with E-state index >= 15 is 0 Å². The Morgan fingerprint density at radius 2 is 0.773 bits per heavy atom. The summed E-state index contributed by atoms with van der Waals surface area (Å²) in [6, 6.07) is 0. The summed E-state index contributed by atoms with van der Waals surface area (Å²) in [6.45, 7) is 0. The summed E-state index contributed by atoms with van der Waals surface area (Å²) < 4.78 is 170. The van der Waals surface area contributed by atoms with E-state index in [4.69, 9.17) is 0 Å². The number of halogens is 14. The molecule has 0 fully saturated rings. The minimum atomic E-state index is -7.72. The Kier molecular flexibility index (Phi) is 4.86. The van der Waals surface area contributed by atoms with Crippen LogP contribution in [0.5, 0.6) is 0 Å². The molecule has 0 spiro atoms. The number of alkyl halides is 14. The third-order valence-electron chi connectivity index (χ3n) is 2.04. The Morgan fingerprint density at radius 1 is 0.409 bits per heavy atom. The third-order valence-corrected chi connectivity index (χ3v) is 2.04. The van der Waals surface area contributed by atoms with E-state index in [0.717, 1.165) is 0 Å². The summed E-state index contributed by atoms with van der Waals surface area (Å²) in [7, 11) is 0. The van der Waals surface area contributed by atoms with E-state index in [0.29, 0.717) is 0 Å². The highest BCUT2D eigenvalue weighted by Crippen LogP contribution is 2.57. The van der Waals surface area contributed by atoms with E-state index in [9.17, 15) is 61.5 Å². The van der Waals surface area contributed by atoms with Gasteiger partial charge in [0.05, 0.1) is 0 Å². The summed E-state index contributed by atoms with van der Waals surface area (Å²) >= 11 is 0. The first-order chi connectivity index (χ1) is 9.21. The molecule has 22 heavy (non-hydrogen) atoms. The van der Waals surface area contributed by atoms with Crippen molar-refractivity contribution >= 4 is 0 Å². The van der Waals surface area contributed by atoms with Crippen molar-refractivity contribution in [1.29, 1.82) is 0 Å². The molecule has 0 aromatic heterocycles. The monoisotopic (exact) mass is 364 g/mol. The van der Waals surface area contributed by atoms with Gasteiger partial charge in [-0.25, -0.2) is 0 Å². The van der Waals surface area contributed by atoms with Crippen LogP contribution in [0.4, 0.5) is 61.5 Å². The number of rotatable bonds is 4. The van der Waals surface area contributed by atoms with Gasteiger partial charge in [-0.2, -0.15) is 61.5 Å². The molecular weight excluding hydrogens is 362 g/mol. The van der Waals surface area contributed by atoms with Crippen LogP contribution in [0.25, 0.3) is 0 Å². The smallest absolute Gasteiger partial charge is 0.195 e. The highest BCUT2D eigenvalue weighted by Gasteiger charge is 2.86.